The Morgan fingerprint density at radius 3 is 2.32 bits per heavy atom. The Hall–Kier alpha value is -3.60. The molecule has 158 valence electrons. The van der Waals surface area contributed by atoms with Gasteiger partial charge in [0.1, 0.15) is 0 Å². The molecule has 1 aliphatic heterocycles. The van der Waals surface area contributed by atoms with Crippen LogP contribution in [0.15, 0.2) is 78.9 Å². The first kappa shape index (κ1) is 20.7. The summed E-state index contributed by atoms with van der Waals surface area (Å²) in [5.41, 5.74) is 5.09. The second kappa shape index (κ2) is 9.04. The van der Waals surface area contributed by atoms with Crippen LogP contribution in [0.25, 0.3) is 0 Å². The van der Waals surface area contributed by atoms with Gasteiger partial charge in [0.25, 0.3) is 0 Å². The van der Waals surface area contributed by atoms with Crippen LogP contribution in [0.2, 0.25) is 0 Å². The van der Waals surface area contributed by atoms with E-state index < -0.39 is 0 Å². The fraction of sp³-hybridized carbons (Fsp3) is 0.231. The van der Waals surface area contributed by atoms with Crippen LogP contribution in [0.5, 0.6) is 0 Å². The highest BCUT2D eigenvalue weighted by atomic mass is 16.2. The topological polar surface area (TPSA) is 52.7 Å². The summed E-state index contributed by atoms with van der Waals surface area (Å²) in [5, 5.41) is 3.08. The number of aryl methyl sites for hydroxylation is 2. The average molecular weight is 414 g/mol. The van der Waals surface area contributed by atoms with Gasteiger partial charge < -0.3 is 10.2 Å². The zero-order valence-electron chi connectivity index (χ0n) is 17.9. The molecule has 0 radical (unpaired) electrons. The predicted octanol–water partition coefficient (Wildman–Crippen LogP) is 4.83. The number of urea groups is 1. The normalized spacial score (nSPS) is 15.7. The number of rotatable bonds is 5. The maximum Gasteiger partial charge on any atom is 0.322 e. The van der Waals surface area contributed by atoms with Gasteiger partial charge in [-0.25, -0.2) is 4.79 Å². The van der Waals surface area contributed by atoms with E-state index in [1.807, 2.05) is 85.8 Å². The summed E-state index contributed by atoms with van der Waals surface area (Å²) < 4.78 is 0. The van der Waals surface area contributed by atoms with E-state index in [4.69, 9.17) is 0 Å². The molecular weight excluding hydrogens is 386 g/mol. The SMILES string of the molecule is Cc1ccc(N2CC(NC(=O)N(Cc3ccccc3)c3ccccc3)CC2=O)cc1C. The van der Waals surface area contributed by atoms with Crippen molar-refractivity contribution in [3.63, 3.8) is 0 Å². The minimum Gasteiger partial charge on any atom is -0.333 e. The van der Waals surface area contributed by atoms with E-state index in [1.54, 1.807) is 9.80 Å². The number of amides is 3. The molecule has 1 N–H and O–H groups in total. The number of hydrogen-bond donors (Lipinski definition) is 1. The minimum absolute atomic E-state index is 0.0304. The van der Waals surface area contributed by atoms with Crippen molar-refractivity contribution in [3.05, 3.63) is 95.6 Å². The maximum absolute atomic E-state index is 13.2. The molecule has 1 heterocycles. The van der Waals surface area contributed by atoms with Crippen LogP contribution in [0.1, 0.15) is 23.1 Å². The first-order valence-electron chi connectivity index (χ1n) is 10.6. The molecule has 1 aliphatic rings. The van der Waals surface area contributed by atoms with Crippen molar-refractivity contribution in [2.24, 2.45) is 0 Å². The number of carbonyl (C=O) groups is 2. The van der Waals surface area contributed by atoms with Crippen molar-refractivity contribution in [2.45, 2.75) is 32.9 Å². The first-order chi connectivity index (χ1) is 15.0. The molecule has 5 nitrogen and oxygen atoms in total. The Morgan fingerprint density at radius 1 is 0.968 bits per heavy atom. The van der Waals surface area contributed by atoms with Gasteiger partial charge >= 0.3 is 6.03 Å². The summed E-state index contributed by atoms with van der Waals surface area (Å²) in [7, 11) is 0. The number of nitrogens with zero attached hydrogens (tertiary/aromatic N) is 2. The minimum atomic E-state index is -0.233. The molecule has 1 unspecified atom stereocenters. The van der Waals surface area contributed by atoms with Gasteiger partial charge in [0.2, 0.25) is 5.91 Å². The van der Waals surface area contributed by atoms with Crippen molar-refractivity contribution in [3.8, 4) is 0 Å². The van der Waals surface area contributed by atoms with Gasteiger partial charge in [-0.05, 0) is 54.8 Å². The first-order valence-corrected chi connectivity index (χ1v) is 10.6. The second-order valence-electron chi connectivity index (χ2n) is 8.03. The number of para-hydroxylation sites is 1. The molecule has 5 heteroatoms. The van der Waals surface area contributed by atoms with E-state index in [-0.39, 0.29) is 18.0 Å². The van der Waals surface area contributed by atoms with Crippen LogP contribution in [0.4, 0.5) is 16.2 Å². The Morgan fingerprint density at radius 2 is 1.65 bits per heavy atom. The molecule has 3 aromatic carbocycles. The van der Waals surface area contributed by atoms with Crippen molar-refractivity contribution >= 4 is 23.3 Å². The molecule has 0 saturated carbocycles. The smallest absolute Gasteiger partial charge is 0.322 e. The zero-order valence-corrected chi connectivity index (χ0v) is 17.9. The molecule has 31 heavy (non-hydrogen) atoms. The number of hydrogen-bond acceptors (Lipinski definition) is 2. The van der Waals surface area contributed by atoms with E-state index in [0.717, 1.165) is 22.5 Å². The van der Waals surface area contributed by atoms with Gasteiger partial charge in [-0.15, -0.1) is 0 Å². The highest BCUT2D eigenvalue weighted by molar-refractivity contribution is 5.98. The molecule has 0 aliphatic carbocycles. The lowest BCUT2D eigenvalue weighted by Gasteiger charge is -2.25. The van der Waals surface area contributed by atoms with Crippen LogP contribution in [0, 0.1) is 13.8 Å². The lowest BCUT2D eigenvalue weighted by Crippen LogP contribution is -2.45. The van der Waals surface area contributed by atoms with Crippen molar-refractivity contribution in [2.75, 3.05) is 16.3 Å². The average Bonchev–Trinajstić information content (AvgIpc) is 3.15. The molecule has 4 rings (SSSR count). The third-order valence-corrected chi connectivity index (χ3v) is 5.75. The van der Waals surface area contributed by atoms with Gasteiger partial charge in [-0.1, -0.05) is 54.6 Å². The van der Waals surface area contributed by atoms with Crippen LogP contribution in [-0.2, 0) is 11.3 Å². The monoisotopic (exact) mass is 413 g/mol. The Bertz CT molecular complexity index is 1070. The largest absolute Gasteiger partial charge is 0.333 e. The summed E-state index contributed by atoms with van der Waals surface area (Å²) >= 11 is 0. The molecular formula is C26H27N3O2. The molecule has 0 aromatic heterocycles. The molecule has 1 fully saturated rings. The molecule has 3 amide bonds. The van der Waals surface area contributed by atoms with Gasteiger partial charge in [-0.3, -0.25) is 9.69 Å². The summed E-state index contributed by atoms with van der Waals surface area (Å²) in [6, 6.07) is 25.1. The third-order valence-electron chi connectivity index (χ3n) is 5.75. The molecule has 1 atom stereocenters. The molecule has 0 bridgehead atoms. The zero-order chi connectivity index (χ0) is 21.8. The van der Waals surface area contributed by atoms with Crippen LogP contribution >= 0.6 is 0 Å². The van der Waals surface area contributed by atoms with Gasteiger partial charge in [0.15, 0.2) is 0 Å². The molecule has 1 saturated heterocycles. The summed E-state index contributed by atoms with van der Waals surface area (Å²) in [4.78, 5) is 29.4. The molecule has 0 spiro atoms. The quantitative estimate of drug-likeness (QED) is 0.652. The Balaban J connectivity index is 1.49. The number of nitrogens with one attached hydrogen (secondary N) is 1. The maximum atomic E-state index is 13.2. The van der Waals surface area contributed by atoms with E-state index in [9.17, 15) is 9.59 Å². The van der Waals surface area contributed by atoms with Crippen molar-refractivity contribution in [1.82, 2.24) is 5.32 Å². The Labute approximate surface area is 183 Å². The number of benzene rings is 3. The second-order valence-corrected chi connectivity index (χ2v) is 8.03. The summed E-state index contributed by atoms with van der Waals surface area (Å²) in [5.74, 6) is 0.0304. The number of anilines is 2. The van der Waals surface area contributed by atoms with E-state index in [0.29, 0.717) is 19.5 Å². The van der Waals surface area contributed by atoms with Crippen LogP contribution < -0.4 is 15.1 Å². The van der Waals surface area contributed by atoms with Gasteiger partial charge in [-0.2, -0.15) is 0 Å². The number of carbonyl (C=O) groups excluding carboxylic acids is 2. The summed E-state index contributed by atoms with van der Waals surface area (Å²) in [6.45, 7) is 5.03. The van der Waals surface area contributed by atoms with E-state index in [1.165, 1.54) is 5.56 Å². The van der Waals surface area contributed by atoms with E-state index in [2.05, 4.69) is 12.2 Å². The highest BCUT2D eigenvalue weighted by Crippen LogP contribution is 2.25. The van der Waals surface area contributed by atoms with E-state index >= 15 is 0 Å². The van der Waals surface area contributed by atoms with Crippen LogP contribution in [0.3, 0.4) is 0 Å². The highest BCUT2D eigenvalue weighted by Gasteiger charge is 2.33. The fourth-order valence-corrected chi connectivity index (χ4v) is 3.85. The van der Waals surface area contributed by atoms with Gasteiger partial charge in [0, 0.05) is 24.3 Å². The van der Waals surface area contributed by atoms with Crippen molar-refractivity contribution < 1.29 is 9.59 Å². The van der Waals surface area contributed by atoms with Gasteiger partial charge in [0.05, 0.1) is 12.6 Å². The summed E-state index contributed by atoms with van der Waals surface area (Å²) in [6.07, 6.45) is 0.298. The molecule has 3 aromatic rings. The third kappa shape index (κ3) is 4.77. The predicted molar refractivity (Wildman–Crippen MR) is 124 cm³/mol. The Kier molecular flexibility index (Phi) is 6.03. The lowest BCUT2D eigenvalue weighted by atomic mass is 10.1. The standard InChI is InChI=1S/C26H27N3O2/c1-19-13-14-24(15-20(19)2)28-18-22(16-25(28)30)27-26(31)29(23-11-7-4-8-12-23)17-21-9-5-3-6-10-21/h3-15,22H,16-18H2,1-2H3,(H,27,31). The van der Waals surface area contributed by atoms with Crippen molar-refractivity contribution in [1.29, 1.82) is 0 Å². The van der Waals surface area contributed by atoms with Crippen LogP contribution in [-0.4, -0.2) is 24.5 Å². The lowest BCUT2D eigenvalue weighted by molar-refractivity contribution is -0.117. The fourth-order valence-electron chi connectivity index (χ4n) is 3.85.